The standard InChI is InChI=1S/C14H14F3N3O/c15-14(16,17)11-7-10(5-4-9(11)8-18)20-6-2-1-3-12(20)13(19)21/h4-5,7,12H,1-3,6H2,(H2,19,21). The molecule has 4 nitrogen and oxygen atoms in total. The Labute approximate surface area is 119 Å². The van der Waals surface area contributed by atoms with Gasteiger partial charge in [-0.2, -0.15) is 18.4 Å². The number of amides is 1. The summed E-state index contributed by atoms with van der Waals surface area (Å²) < 4.78 is 38.9. The van der Waals surface area contributed by atoms with E-state index in [0.717, 1.165) is 25.0 Å². The summed E-state index contributed by atoms with van der Waals surface area (Å²) in [4.78, 5) is 13.0. The summed E-state index contributed by atoms with van der Waals surface area (Å²) >= 11 is 0. The lowest BCUT2D eigenvalue weighted by Gasteiger charge is -2.35. The van der Waals surface area contributed by atoms with Crippen LogP contribution in [0.1, 0.15) is 30.4 Å². The molecular formula is C14H14F3N3O. The molecule has 21 heavy (non-hydrogen) atoms. The van der Waals surface area contributed by atoms with E-state index in [4.69, 9.17) is 11.0 Å². The first-order chi connectivity index (χ1) is 9.84. The highest BCUT2D eigenvalue weighted by Crippen LogP contribution is 2.35. The van der Waals surface area contributed by atoms with Crippen molar-refractivity contribution < 1.29 is 18.0 Å². The first-order valence-electron chi connectivity index (χ1n) is 6.52. The van der Waals surface area contributed by atoms with Crippen molar-refractivity contribution in [1.82, 2.24) is 0 Å². The van der Waals surface area contributed by atoms with Crippen LogP contribution >= 0.6 is 0 Å². The van der Waals surface area contributed by atoms with Gasteiger partial charge in [-0.25, -0.2) is 0 Å². The third-order valence-electron chi connectivity index (χ3n) is 3.59. The number of alkyl halides is 3. The predicted octanol–water partition coefficient (Wildman–Crippen LogP) is 2.42. The minimum atomic E-state index is -4.61. The first-order valence-corrected chi connectivity index (χ1v) is 6.52. The van der Waals surface area contributed by atoms with E-state index in [9.17, 15) is 18.0 Å². The molecule has 1 heterocycles. The van der Waals surface area contributed by atoms with Gasteiger partial charge < -0.3 is 10.6 Å². The summed E-state index contributed by atoms with van der Waals surface area (Å²) in [7, 11) is 0. The number of hydrogen-bond donors (Lipinski definition) is 1. The summed E-state index contributed by atoms with van der Waals surface area (Å²) in [6.07, 6.45) is -2.49. The van der Waals surface area contributed by atoms with Crippen molar-refractivity contribution in [3.63, 3.8) is 0 Å². The van der Waals surface area contributed by atoms with Crippen molar-refractivity contribution in [2.45, 2.75) is 31.5 Å². The first kappa shape index (κ1) is 15.2. The molecule has 1 fully saturated rings. The number of nitriles is 1. The third kappa shape index (κ3) is 3.10. The van der Waals surface area contributed by atoms with Gasteiger partial charge in [0.2, 0.25) is 5.91 Å². The number of nitrogens with zero attached hydrogens (tertiary/aromatic N) is 2. The summed E-state index contributed by atoms with van der Waals surface area (Å²) in [5, 5.41) is 8.79. The molecule has 1 amide bonds. The van der Waals surface area contributed by atoms with Gasteiger partial charge in [-0.05, 0) is 37.5 Å². The number of anilines is 1. The van der Waals surface area contributed by atoms with Crippen LogP contribution in [0.25, 0.3) is 0 Å². The summed E-state index contributed by atoms with van der Waals surface area (Å²) in [6, 6.07) is 4.40. The average Bonchev–Trinajstić information content (AvgIpc) is 2.45. The molecule has 1 aromatic carbocycles. The summed E-state index contributed by atoms with van der Waals surface area (Å²) in [6.45, 7) is 0.469. The van der Waals surface area contributed by atoms with Gasteiger partial charge in [-0.1, -0.05) is 0 Å². The maximum absolute atomic E-state index is 13.0. The molecule has 1 unspecified atom stereocenters. The highest BCUT2D eigenvalue weighted by atomic mass is 19.4. The second-order valence-electron chi connectivity index (χ2n) is 4.95. The van der Waals surface area contributed by atoms with Crippen LogP contribution in [0, 0.1) is 11.3 Å². The van der Waals surface area contributed by atoms with E-state index in [1.54, 1.807) is 4.90 Å². The number of carbonyl (C=O) groups excluding carboxylic acids is 1. The molecule has 112 valence electrons. The van der Waals surface area contributed by atoms with Crippen LogP contribution in [0.5, 0.6) is 0 Å². The minimum Gasteiger partial charge on any atom is -0.368 e. The van der Waals surface area contributed by atoms with E-state index in [-0.39, 0.29) is 5.69 Å². The molecule has 0 spiro atoms. The second kappa shape index (κ2) is 5.64. The van der Waals surface area contributed by atoms with E-state index in [1.807, 2.05) is 0 Å². The molecule has 1 aromatic rings. The number of benzene rings is 1. The van der Waals surface area contributed by atoms with Crippen LogP contribution in [0.4, 0.5) is 18.9 Å². The van der Waals surface area contributed by atoms with Crippen molar-refractivity contribution in [3.05, 3.63) is 29.3 Å². The van der Waals surface area contributed by atoms with E-state index < -0.39 is 29.3 Å². The predicted molar refractivity (Wildman–Crippen MR) is 70.3 cm³/mol. The fraction of sp³-hybridized carbons (Fsp3) is 0.429. The lowest BCUT2D eigenvalue weighted by Crippen LogP contribution is -2.47. The highest BCUT2D eigenvalue weighted by molar-refractivity contribution is 5.84. The number of halogens is 3. The molecule has 1 saturated heterocycles. The van der Waals surface area contributed by atoms with Crippen molar-refractivity contribution in [2.75, 3.05) is 11.4 Å². The highest BCUT2D eigenvalue weighted by Gasteiger charge is 2.35. The van der Waals surface area contributed by atoms with Crippen molar-refractivity contribution in [1.29, 1.82) is 5.26 Å². The Hall–Kier alpha value is -2.23. The molecule has 2 N–H and O–H groups in total. The zero-order chi connectivity index (χ0) is 15.6. The van der Waals surface area contributed by atoms with Gasteiger partial charge in [0.1, 0.15) is 6.04 Å². The molecular weight excluding hydrogens is 283 g/mol. The third-order valence-corrected chi connectivity index (χ3v) is 3.59. The normalized spacial score (nSPS) is 19.1. The molecule has 0 bridgehead atoms. The van der Waals surface area contributed by atoms with Gasteiger partial charge in [0.05, 0.1) is 17.2 Å². The summed E-state index contributed by atoms with van der Waals surface area (Å²) in [5.41, 5.74) is 4.17. The number of carbonyl (C=O) groups is 1. The quantitative estimate of drug-likeness (QED) is 0.911. The molecule has 0 aliphatic carbocycles. The minimum absolute atomic E-state index is 0.268. The number of piperidine rings is 1. The van der Waals surface area contributed by atoms with Crippen molar-refractivity contribution >= 4 is 11.6 Å². The largest absolute Gasteiger partial charge is 0.417 e. The Bertz CT molecular complexity index is 592. The molecule has 7 heteroatoms. The van der Waals surface area contributed by atoms with Crippen LogP contribution in [-0.4, -0.2) is 18.5 Å². The molecule has 1 aliphatic rings. The molecule has 1 aliphatic heterocycles. The van der Waals surface area contributed by atoms with Gasteiger partial charge in [0.15, 0.2) is 0 Å². The molecule has 0 aromatic heterocycles. The lowest BCUT2D eigenvalue weighted by atomic mass is 9.99. The maximum Gasteiger partial charge on any atom is 0.417 e. The van der Waals surface area contributed by atoms with E-state index in [1.165, 1.54) is 12.1 Å². The maximum atomic E-state index is 13.0. The van der Waals surface area contributed by atoms with E-state index in [2.05, 4.69) is 0 Å². The van der Waals surface area contributed by atoms with Crippen LogP contribution in [0.3, 0.4) is 0 Å². The fourth-order valence-electron chi connectivity index (χ4n) is 2.58. The Kier molecular flexibility index (Phi) is 4.07. The Morgan fingerprint density at radius 1 is 1.38 bits per heavy atom. The monoisotopic (exact) mass is 297 g/mol. The Morgan fingerprint density at radius 2 is 2.10 bits per heavy atom. The van der Waals surface area contributed by atoms with Crippen LogP contribution in [-0.2, 0) is 11.0 Å². The second-order valence-corrected chi connectivity index (χ2v) is 4.95. The van der Waals surface area contributed by atoms with Gasteiger partial charge in [-0.3, -0.25) is 4.79 Å². The topological polar surface area (TPSA) is 70.1 Å². The van der Waals surface area contributed by atoms with Crippen LogP contribution < -0.4 is 10.6 Å². The molecule has 0 radical (unpaired) electrons. The van der Waals surface area contributed by atoms with E-state index in [0.29, 0.717) is 13.0 Å². The van der Waals surface area contributed by atoms with Crippen LogP contribution in [0.15, 0.2) is 18.2 Å². The van der Waals surface area contributed by atoms with Gasteiger partial charge in [0.25, 0.3) is 0 Å². The van der Waals surface area contributed by atoms with Crippen LogP contribution in [0.2, 0.25) is 0 Å². The van der Waals surface area contributed by atoms with E-state index >= 15 is 0 Å². The number of nitrogens with two attached hydrogens (primary N) is 1. The van der Waals surface area contributed by atoms with Gasteiger partial charge >= 0.3 is 6.18 Å². The molecule has 1 atom stereocenters. The SMILES string of the molecule is N#Cc1ccc(N2CCCCC2C(N)=O)cc1C(F)(F)F. The Morgan fingerprint density at radius 3 is 2.67 bits per heavy atom. The van der Waals surface area contributed by atoms with Crippen molar-refractivity contribution in [2.24, 2.45) is 5.73 Å². The Balaban J connectivity index is 2.44. The van der Waals surface area contributed by atoms with Gasteiger partial charge in [-0.15, -0.1) is 0 Å². The zero-order valence-corrected chi connectivity index (χ0v) is 11.2. The summed E-state index contributed by atoms with van der Waals surface area (Å²) in [5.74, 6) is -0.549. The molecule has 0 saturated carbocycles. The lowest BCUT2D eigenvalue weighted by molar-refractivity contribution is -0.137. The average molecular weight is 297 g/mol. The zero-order valence-electron chi connectivity index (χ0n) is 11.2. The van der Waals surface area contributed by atoms with Gasteiger partial charge in [0, 0.05) is 12.2 Å². The number of primary amides is 1. The number of rotatable bonds is 2. The van der Waals surface area contributed by atoms with Crippen molar-refractivity contribution in [3.8, 4) is 6.07 Å². The molecule has 2 rings (SSSR count). The fourth-order valence-corrected chi connectivity index (χ4v) is 2.58. The smallest absolute Gasteiger partial charge is 0.368 e. The number of hydrogen-bond acceptors (Lipinski definition) is 3.